The number of benzene rings is 1. The Hall–Kier alpha value is -1.71. The van der Waals surface area contributed by atoms with E-state index in [1.54, 1.807) is 12.1 Å². The second-order valence-electron chi connectivity index (χ2n) is 2.89. The van der Waals surface area contributed by atoms with Crippen LogP contribution in [0.3, 0.4) is 0 Å². The maximum atomic E-state index is 11.4. The van der Waals surface area contributed by atoms with Gasteiger partial charge in [0, 0.05) is 12.1 Å². The molecule has 0 aromatic heterocycles. The highest BCUT2D eigenvalue weighted by atomic mass is 16.3. The van der Waals surface area contributed by atoms with E-state index in [1.165, 1.54) is 12.1 Å². The normalized spacial score (nSPS) is 9.50. The number of nitroso groups, excluding NO2 is 1. The van der Waals surface area contributed by atoms with Gasteiger partial charge in [-0.05, 0) is 35.9 Å². The molecular weight excluding hydrogens is 180 g/mol. The zero-order valence-electron chi connectivity index (χ0n) is 7.99. The summed E-state index contributed by atoms with van der Waals surface area (Å²) >= 11 is 0. The van der Waals surface area contributed by atoms with Crippen LogP contribution in [0.2, 0.25) is 0 Å². The van der Waals surface area contributed by atoms with Gasteiger partial charge in [-0.25, -0.2) is 0 Å². The van der Waals surface area contributed by atoms with E-state index in [9.17, 15) is 9.70 Å². The Balaban J connectivity index is 2.66. The lowest BCUT2D eigenvalue weighted by Crippen LogP contribution is -2.23. The molecule has 0 unspecified atom stereocenters. The molecule has 0 atom stereocenters. The Morgan fingerprint density at radius 1 is 1.36 bits per heavy atom. The Labute approximate surface area is 82.3 Å². The number of nitrogens with zero attached hydrogens (tertiary/aromatic N) is 1. The highest BCUT2D eigenvalue weighted by Gasteiger charge is 2.03. The third-order valence-electron chi connectivity index (χ3n) is 1.77. The van der Waals surface area contributed by atoms with Gasteiger partial charge in [-0.15, -0.1) is 4.91 Å². The first-order chi connectivity index (χ1) is 6.77. The molecule has 0 aliphatic rings. The lowest BCUT2D eigenvalue weighted by molar-refractivity contribution is 0.0953. The van der Waals surface area contributed by atoms with Gasteiger partial charge in [-0.2, -0.15) is 0 Å². The van der Waals surface area contributed by atoms with Crippen molar-refractivity contribution in [3.63, 3.8) is 0 Å². The van der Waals surface area contributed by atoms with Crippen molar-refractivity contribution in [3.8, 4) is 0 Å². The minimum Gasteiger partial charge on any atom is -0.352 e. The molecule has 1 aromatic rings. The second-order valence-corrected chi connectivity index (χ2v) is 2.89. The summed E-state index contributed by atoms with van der Waals surface area (Å²) in [4.78, 5) is 21.5. The first-order valence-corrected chi connectivity index (χ1v) is 4.49. The molecule has 1 aromatic carbocycles. The summed E-state index contributed by atoms with van der Waals surface area (Å²) in [5.41, 5.74) is 0.878. The first-order valence-electron chi connectivity index (χ1n) is 4.49. The molecule has 0 saturated heterocycles. The van der Waals surface area contributed by atoms with Gasteiger partial charge in [-0.1, -0.05) is 6.92 Å². The summed E-state index contributed by atoms with van der Waals surface area (Å²) in [5, 5.41) is 5.49. The summed E-state index contributed by atoms with van der Waals surface area (Å²) in [5.74, 6) is -0.121. The van der Waals surface area contributed by atoms with Crippen LogP contribution in [0.15, 0.2) is 29.4 Å². The van der Waals surface area contributed by atoms with Crippen LogP contribution in [-0.2, 0) is 0 Å². The molecule has 1 rings (SSSR count). The highest BCUT2D eigenvalue weighted by Crippen LogP contribution is 2.11. The molecule has 0 aliphatic carbocycles. The molecule has 1 amide bonds. The molecule has 1 N–H and O–H groups in total. The van der Waals surface area contributed by atoms with Gasteiger partial charge in [0.25, 0.3) is 5.91 Å². The third kappa shape index (κ3) is 2.65. The summed E-state index contributed by atoms with van der Waals surface area (Å²) < 4.78 is 0. The van der Waals surface area contributed by atoms with Gasteiger partial charge in [-0.3, -0.25) is 4.79 Å². The molecule has 0 spiro atoms. The average Bonchev–Trinajstić information content (AvgIpc) is 2.26. The molecule has 4 heteroatoms. The van der Waals surface area contributed by atoms with E-state index in [2.05, 4.69) is 10.5 Å². The lowest BCUT2D eigenvalue weighted by Gasteiger charge is -2.02. The Kier molecular flexibility index (Phi) is 3.79. The third-order valence-corrected chi connectivity index (χ3v) is 1.77. The maximum Gasteiger partial charge on any atom is 0.251 e. The molecule has 0 saturated carbocycles. The number of carbonyl (C=O) groups excluding carboxylic acids is 1. The Morgan fingerprint density at radius 2 is 2.00 bits per heavy atom. The quantitative estimate of drug-likeness (QED) is 0.743. The number of rotatable bonds is 4. The topological polar surface area (TPSA) is 58.5 Å². The van der Waals surface area contributed by atoms with Gasteiger partial charge in [0.15, 0.2) is 0 Å². The van der Waals surface area contributed by atoms with Crippen LogP contribution < -0.4 is 5.32 Å². The van der Waals surface area contributed by atoms with E-state index >= 15 is 0 Å². The monoisotopic (exact) mass is 192 g/mol. The van der Waals surface area contributed by atoms with E-state index in [4.69, 9.17) is 0 Å². The van der Waals surface area contributed by atoms with Gasteiger partial charge < -0.3 is 5.32 Å². The number of nitrogens with one attached hydrogen (secondary N) is 1. The summed E-state index contributed by atoms with van der Waals surface area (Å²) in [6, 6.07) is 6.21. The molecule has 0 bridgehead atoms. The maximum absolute atomic E-state index is 11.4. The minimum atomic E-state index is -0.121. The SMILES string of the molecule is CCCNC(=O)c1ccc(N=O)cc1. The fourth-order valence-electron chi connectivity index (χ4n) is 1.01. The van der Waals surface area contributed by atoms with Crippen LogP contribution in [0.4, 0.5) is 5.69 Å². The van der Waals surface area contributed by atoms with E-state index in [0.29, 0.717) is 17.8 Å². The van der Waals surface area contributed by atoms with Crippen LogP contribution in [0.25, 0.3) is 0 Å². The Morgan fingerprint density at radius 3 is 2.50 bits per heavy atom. The smallest absolute Gasteiger partial charge is 0.251 e. The van der Waals surface area contributed by atoms with Crippen molar-refractivity contribution in [3.05, 3.63) is 34.7 Å². The molecule has 0 heterocycles. The summed E-state index contributed by atoms with van der Waals surface area (Å²) in [6.07, 6.45) is 0.902. The molecule has 14 heavy (non-hydrogen) atoms. The largest absolute Gasteiger partial charge is 0.352 e. The summed E-state index contributed by atoms with van der Waals surface area (Å²) in [7, 11) is 0. The molecular formula is C10H12N2O2. The predicted octanol–water partition coefficient (Wildman–Crippen LogP) is 2.22. The molecule has 0 radical (unpaired) electrons. The van der Waals surface area contributed by atoms with E-state index in [0.717, 1.165) is 6.42 Å². The van der Waals surface area contributed by atoms with Crippen molar-refractivity contribution >= 4 is 11.6 Å². The van der Waals surface area contributed by atoms with Gasteiger partial charge in [0.05, 0.1) is 0 Å². The van der Waals surface area contributed by atoms with E-state index in [1.807, 2.05) is 6.92 Å². The standard InChI is InChI=1S/C10H12N2O2/c1-2-7-11-10(13)8-3-5-9(12-14)6-4-8/h3-6H,2,7H2,1H3,(H,11,13). The minimum absolute atomic E-state index is 0.121. The van der Waals surface area contributed by atoms with Crippen molar-refractivity contribution < 1.29 is 4.79 Å². The second kappa shape index (κ2) is 5.11. The van der Waals surface area contributed by atoms with Crippen molar-refractivity contribution in [2.24, 2.45) is 5.18 Å². The number of hydrogen-bond acceptors (Lipinski definition) is 3. The van der Waals surface area contributed by atoms with E-state index in [-0.39, 0.29) is 5.91 Å². The van der Waals surface area contributed by atoms with Crippen LogP contribution >= 0.6 is 0 Å². The van der Waals surface area contributed by atoms with Crippen LogP contribution in [0, 0.1) is 4.91 Å². The van der Waals surface area contributed by atoms with Crippen molar-refractivity contribution in [2.45, 2.75) is 13.3 Å². The van der Waals surface area contributed by atoms with Crippen LogP contribution in [0.1, 0.15) is 23.7 Å². The van der Waals surface area contributed by atoms with E-state index < -0.39 is 0 Å². The zero-order chi connectivity index (χ0) is 10.4. The molecule has 4 nitrogen and oxygen atoms in total. The highest BCUT2D eigenvalue weighted by molar-refractivity contribution is 5.94. The van der Waals surface area contributed by atoms with Crippen molar-refractivity contribution in [2.75, 3.05) is 6.54 Å². The van der Waals surface area contributed by atoms with Crippen LogP contribution in [-0.4, -0.2) is 12.5 Å². The Bertz CT molecular complexity index is 319. The first kappa shape index (κ1) is 10.4. The number of amides is 1. The fraction of sp³-hybridized carbons (Fsp3) is 0.300. The predicted molar refractivity (Wildman–Crippen MR) is 54.5 cm³/mol. The van der Waals surface area contributed by atoms with Crippen molar-refractivity contribution in [1.29, 1.82) is 0 Å². The zero-order valence-corrected chi connectivity index (χ0v) is 7.99. The number of hydrogen-bond donors (Lipinski definition) is 1. The molecule has 0 aliphatic heterocycles. The van der Waals surface area contributed by atoms with Gasteiger partial charge in [0.1, 0.15) is 5.69 Å². The molecule has 0 fully saturated rings. The lowest BCUT2D eigenvalue weighted by atomic mass is 10.2. The number of carbonyl (C=O) groups is 1. The molecule has 74 valence electrons. The van der Waals surface area contributed by atoms with Gasteiger partial charge in [0.2, 0.25) is 0 Å². The fourth-order valence-corrected chi connectivity index (χ4v) is 1.01. The average molecular weight is 192 g/mol. The summed E-state index contributed by atoms with van der Waals surface area (Å²) in [6.45, 7) is 2.65. The van der Waals surface area contributed by atoms with Gasteiger partial charge >= 0.3 is 0 Å². The van der Waals surface area contributed by atoms with Crippen LogP contribution in [0.5, 0.6) is 0 Å². The van der Waals surface area contributed by atoms with Crippen molar-refractivity contribution in [1.82, 2.24) is 5.32 Å².